The van der Waals surface area contributed by atoms with Crippen molar-refractivity contribution in [2.45, 2.75) is 161 Å². The molecule has 2 spiro atoms. The van der Waals surface area contributed by atoms with E-state index in [0.29, 0.717) is 38.9 Å². The van der Waals surface area contributed by atoms with E-state index in [-0.39, 0.29) is 52.3 Å². The molecule has 7 fully saturated rings. The third-order valence-electron chi connectivity index (χ3n) is 16.2. The van der Waals surface area contributed by atoms with Crippen molar-refractivity contribution in [2.24, 2.45) is 33.5 Å². The molecule has 15 heteroatoms. The van der Waals surface area contributed by atoms with Crippen molar-refractivity contribution in [1.29, 1.82) is 0 Å². The van der Waals surface area contributed by atoms with Crippen LogP contribution in [-0.2, 0) is 34.2 Å². The highest BCUT2D eigenvalue weighted by Gasteiger charge is 2.85. The van der Waals surface area contributed by atoms with Crippen molar-refractivity contribution in [3.63, 3.8) is 0 Å². The fourth-order valence-corrected chi connectivity index (χ4v) is 13.5. The van der Waals surface area contributed by atoms with Crippen LogP contribution in [-0.4, -0.2) is 114 Å². The molecule has 5 amide bonds. The summed E-state index contributed by atoms with van der Waals surface area (Å²) >= 11 is 0. The lowest BCUT2D eigenvalue weighted by Gasteiger charge is -2.38. The van der Waals surface area contributed by atoms with Gasteiger partial charge in [-0.15, -0.1) is 6.58 Å². The minimum absolute atomic E-state index is 0.0148. The van der Waals surface area contributed by atoms with Crippen LogP contribution in [0.1, 0.15) is 131 Å². The van der Waals surface area contributed by atoms with Crippen LogP contribution in [0.2, 0.25) is 0 Å². The Morgan fingerprint density at radius 3 is 2.05 bits per heavy atom. The van der Waals surface area contributed by atoms with Crippen LogP contribution in [0.4, 0.5) is 0 Å². The van der Waals surface area contributed by atoms with Crippen LogP contribution >= 0.6 is 0 Å². The molecule has 3 saturated heterocycles. The molecule has 3 heterocycles. The van der Waals surface area contributed by atoms with E-state index in [1.165, 1.54) is 4.31 Å². The first-order valence-corrected chi connectivity index (χ1v) is 23.7. The number of nitrogens with zero attached hydrogens (tertiary/aromatic N) is 3. The van der Waals surface area contributed by atoms with Gasteiger partial charge in [0.1, 0.15) is 23.7 Å². The van der Waals surface area contributed by atoms with E-state index in [1.807, 2.05) is 27.7 Å². The maximum absolute atomic E-state index is 15.2. The summed E-state index contributed by atoms with van der Waals surface area (Å²) in [6.07, 6.45) is 13.0. The summed E-state index contributed by atoms with van der Waals surface area (Å²) in [5, 5.41) is 9.26. The van der Waals surface area contributed by atoms with Gasteiger partial charge in [0.05, 0.1) is 6.04 Å². The van der Waals surface area contributed by atoms with Crippen molar-refractivity contribution >= 4 is 39.7 Å². The highest BCUT2D eigenvalue weighted by Crippen LogP contribution is 2.88. The molecule has 4 saturated carbocycles. The number of nitrogens with one attached hydrogen (secondary N) is 4. The minimum Gasteiger partial charge on any atom is -0.343 e. The maximum Gasteiger partial charge on any atom is 0.303 e. The molecule has 0 aromatic carbocycles. The van der Waals surface area contributed by atoms with Crippen molar-refractivity contribution in [3.05, 3.63) is 12.7 Å². The van der Waals surface area contributed by atoms with E-state index in [2.05, 4.69) is 46.0 Å². The van der Waals surface area contributed by atoms with Gasteiger partial charge < -0.3 is 20.9 Å². The standard InChI is InChI=1S/C43H69N7O7S/c1-8-29-25-43(29,38(55)47-58(56,57)49-23-13-14-24-49)46-35(52)31-26-42(40(6,7)41(42)20-16-21-41)27-50(31)37(54)33(39(3,4)5)45-36(53)32(28-17-11-10-12-18-28)44-34(51)30-19-15-22-48(30)9-2/h8,28-33H,1,9-27H2,2-7H3,(H,44,51)(H,45,53)(H,46,52)(H,47,55)/t29-,30-,31+,32+,33-,42-,43-/m1/s1. The average Bonchev–Trinajstić information content (AvgIpc) is 3.58. The predicted octanol–water partition coefficient (Wildman–Crippen LogP) is 3.38. The zero-order valence-corrected chi connectivity index (χ0v) is 36.6. The van der Waals surface area contributed by atoms with E-state index >= 15 is 4.79 Å². The van der Waals surface area contributed by atoms with Crippen LogP contribution < -0.4 is 20.7 Å². The molecule has 58 heavy (non-hydrogen) atoms. The molecule has 0 radical (unpaired) electrons. The molecular weight excluding hydrogens is 759 g/mol. The molecule has 0 aromatic rings. The fourth-order valence-electron chi connectivity index (χ4n) is 12.3. The van der Waals surface area contributed by atoms with Crippen LogP contribution in [0.5, 0.6) is 0 Å². The smallest absolute Gasteiger partial charge is 0.303 e. The third-order valence-corrected chi connectivity index (χ3v) is 17.7. The Balaban J connectivity index is 1.15. The molecule has 0 unspecified atom stereocenters. The van der Waals surface area contributed by atoms with E-state index in [0.717, 1.165) is 77.3 Å². The number of rotatable bonds is 13. The second-order valence-electron chi connectivity index (χ2n) is 20.4. The van der Waals surface area contributed by atoms with Gasteiger partial charge in [0, 0.05) is 31.0 Å². The SMILES string of the molecule is C=C[C@@H]1C[C@]1(NC(=O)[C@@H]1C[C@@]2(CN1C(=O)[C@@H](NC(=O)[C@@H](NC(=O)[C@H]1CCCN1CC)C1CCCCC1)C(C)(C)C)C(C)(C)C21CCC1)C(=O)NS(=O)(=O)N1CCCC1. The number of carbonyl (C=O) groups excluding carboxylic acids is 5. The zero-order chi connectivity index (χ0) is 42.1. The fraction of sp³-hybridized carbons (Fsp3) is 0.837. The lowest BCUT2D eigenvalue weighted by Crippen LogP contribution is -2.63. The lowest BCUT2D eigenvalue weighted by molar-refractivity contribution is -0.145. The number of carbonyl (C=O) groups is 5. The third kappa shape index (κ3) is 7.10. The molecule has 7 rings (SSSR count). The molecule has 324 valence electrons. The van der Waals surface area contributed by atoms with E-state index in [1.54, 1.807) is 11.0 Å². The van der Waals surface area contributed by atoms with Crippen molar-refractivity contribution in [1.82, 2.24) is 34.8 Å². The maximum atomic E-state index is 15.2. The van der Waals surface area contributed by atoms with Crippen molar-refractivity contribution in [2.75, 3.05) is 32.7 Å². The molecule has 4 N–H and O–H groups in total. The normalized spacial score (nSPS) is 32.9. The molecule has 7 atom stereocenters. The molecule has 0 bridgehead atoms. The van der Waals surface area contributed by atoms with Crippen LogP contribution in [0.3, 0.4) is 0 Å². The van der Waals surface area contributed by atoms with Gasteiger partial charge >= 0.3 is 10.2 Å². The summed E-state index contributed by atoms with van der Waals surface area (Å²) in [5.41, 5.74) is -2.77. The molecule has 0 aromatic heterocycles. The van der Waals surface area contributed by atoms with Gasteiger partial charge in [0.15, 0.2) is 0 Å². The summed E-state index contributed by atoms with van der Waals surface area (Å²) in [6.45, 7) is 18.6. The quantitative estimate of drug-likeness (QED) is 0.204. The molecule has 7 aliphatic rings. The Hall–Kier alpha value is -3.04. The topological polar surface area (TPSA) is 177 Å². The Morgan fingerprint density at radius 1 is 0.828 bits per heavy atom. The van der Waals surface area contributed by atoms with Crippen LogP contribution in [0.25, 0.3) is 0 Å². The monoisotopic (exact) mass is 827 g/mol. The van der Waals surface area contributed by atoms with E-state index in [4.69, 9.17) is 0 Å². The highest BCUT2D eigenvalue weighted by molar-refractivity contribution is 7.87. The molecule has 14 nitrogen and oxygen atoms in total. The molecule has 3 aliphatic heterocycles. The van der Waals surface area contributed by atoms with E-state index < -0.39 is 57.0 Å². The first-order valence-electron chi connectivity index (χ1n) is 22.2. The first-order chi connectivity index (χ1) is 27.3. The first kappa shape index (κ1) is 43.1. The number of likely N-dealkylation sites (N-methyl/N-ethyl adjacent to an activating group) is 1. The van der Waals surface area contributed by atoms with Gasteiger partial charge in [-0.3, -0.25) is 28.9 Å². The summed E-state index contributed by atoms with van der Waals surface area (Å²) in [5.74, 6) is -2.76. The number of likely N-dealkylation sites (tertiary alicyclic amines) is 2. The number of fused-ring (bicyclic) bond motifs is 1. The predicted molar refractivity (Wildman–Crippen MR) is 220 cm³/mol. The van der Waals surface area contributed by atoms with Gasteiger partial charge in [-0.05, 0) is 99.5 Å². The van der Waals surface area contributed by atoms with Gasteiger partial charge in [-0.2, -0.15) is 12.7 Å². The lowest BCUT2D eigenvalue weighted by atomic mass is 9.73. The summed E-state index contributed by atoms with van der Waals surface area (Å²) in [4.78, 5) is 76.0. The average molecular weight is 828 g/mol. The largest absolute Gasteiger partial charge is 0.343 e. The van der Waals surface area contributed by atoms with Crippen molar-refractivity contribution in [3.8, 4) is 0 Å². The summed E-state index contributed by atoms with van der Waals surface area (Å²) < 4.78 is 29.8. The highest BCUT2D eigenvalue weighted by atomic mass is 32.2. The number of amides is 5. The van der Waals surface area contributed by atoms with Gasteiger partial charge in [0.2, 0.25) is 23.6 Å². The van der Waals surface area contributed by atoms with Gasteiger partial charge in [-0.25, -0.2) is 4.72 Å². The minimum atomic E-state index is -4.10. The van der Waals surface area contributed by atoms with Crippen LogP contribution in [0, 0.1) is 33.5 Å². The Bertz CT molecular complexity index is 1780. The van der Waals surface area contributed by atoms with Gasteiger partial charge in [0.25, 0.3) is 5.91 Å². The molecule has 4 aliphatic carbocycles. The summed E-state index contributed by atoms with van der Waals surface area (Å²) in [7, 11) is -4.10. The zero-order valence-electron chi connectivity index (χ0n) is 35.8. The molecular formula is C43H69N7O7S. The van der Waals surface area contributed by atoms with E-state index in [9.17, 15) is 27.6 Å². The van der Waals surface area contributed by atoms with Crippen LogP contribution in [0.15, 0.2) is 12.7 Å². The number of hydrogen-bond donors (Lipinski definition) is 4. The Morgan fingerprint density at radius 2 is 1.50 bits per heavy atom. The second-order valence-corrected chi connectivity index (χ2v) is 22.0. The number of hydrogen-bond acceptors (Lipinski definition) is 8. The Labute approximate surface area is 346 Å². The Kier molecular flexibility index (Phi) is 11.5. The second kappa shape index (κ2) is 15.5. The summed E-state index contributed by atoms with van der Waals surface area (Å²) in [6, 6.07) is -3.05. The van der Waals surface area contributed by atoms with Crippen molar-refractivity contribution < 1.29 is 32.4 Å². The van der Waals surface area contributed by atoms with Gasteiger partial charge in [-0.1, -0.05) is 73.3 Å².